The summed E-state index contributed by atoms with van der Waals surface area (Å²) in [4.78, 5) is 0. The minimum Gasteiger partial charge on any atom is -0.496 e. The summed E-state index contributed by atoms with van der Waals surface area (Å²) in [6.07, 6.45) is 0.0631. The van der Waals surface area contributed by atoms with Crippen LogP contribution in [0.15, 0.2) is 24.3 Å². The Hall–Kier alpha value is -1.10. The molecule has 0 fully saturated rings. The van der Waals surface area contributed by atoms with Crippen molar-refractivity contribution in [1.82, 2.24) is 0 Å². The summed E-state index contributed by atoms with van der Waals surface area (Å²) in [5.41, 5.74) is 6.73. The van der Waals surface area contributed by atoms with Gasteiger partial charge in [-0.1, -0.05) is 18.2 Å². The SMILES string of the molecule is COc1ccccc1C(CN)OCCOC(C)C. The Balaban J connectivity index is 2.54. The molecule has 0 bridgehead atoms. The van der Waals surface area contributed by atoms with Crippen LogP contribution in [-0.2, 0) is 9.47 Å². The number of nitrogens with two attached hydrogens (primary N) is 1. The zero-order valence-electron chi connectivity index (χ0n) is 11.4. The Bertz CT molecular complexity index is 342. The molecule has 0 saturated heterocycles. The molecule has 4 nitrogen and oxygen atoms in total. The van der Waals surface area contributed by atoms with Crippen molar-refractivity contribution in [2.24, 2.45) is 5.73 Å². The van der Waals surface area contributed by atoms with E-state index in [4.69, 9.17) is 19.9 Å². The third-order valence-corrected chi connectivity index (χ3v) is 2.55. The lowest BCUT2D eigenvalue weighted by Gasteiger charge is -2.19. The lowest BCUT2D eigenvalue weighted by molar-refractivity contribution is -0.0110. The van der Waals surface area contributed by atoms with Crippen molar-refractivity contribution < 1.29 is 14.2 Å². The lowest BCUT2D eigenvalue weighted by Crippen LogP contribution is -2.19. The van der Waals surface area contributed by atoms with E-state index in [0.29, 0.717) is 19.8 Å². The normalized spacial score (nSPS) is 12.7. The van der Waals surface area contributed by atoms with E-state index in [1.165, 1.54) is 0 Å². The Labute approximate surface area is 109 Å². The summed E-state index contributed by atoms with van der Waals surface area (Å²) in [6.45, 7) is 5.52. The molecule has 0 aliphatic rings. The molecule has 0 heterocycles. The highest BCUT2D eigenvalue weighted by atomic mass is 16.5. The van der Waals surface area contributed by atoms with Crippen molar-refractivity contribution in [2.75, 3.05) is 26.9 Å². The molecule has 2 N–H and O–H groups in total. The van der Waals surface area contributed by atoms with Gasteiger partial charge in [-0.25, -0.2) is 0 Å². The molecule has 0 spiro atoms. The molecule has 102 valence electrons. The van der Waals surface area contributed by atoms with Crippen molar-refractivity contribution in [3.63, 3.8) is 0 Å². The van der Waals surface area contributed by atoms with Crippen LogP contribution in [-0.4, -0.2) is 33.0 Å². The van der Waals surface area contributed by atoms with Crippen molar-refractivity contribution in [1.29, 1.82) is 0 Å². The van der Waals surface area contributed by atoms with E-state index in [0.717, 1.165) is 11.3 Å². The van der Waals surface area contributed by atoms with Crippen LogP contribution in [0.2, 0.25) is 0 Å². The zero-order valence-corrected chi connectivity index (χ0v) is 11.4. The van der Waals surface area contributed by atoms with E-state index in [1.54, 1.807) is 7.11 Å². The fraction of sp³-hybridized carbons (Fsp3) is 0.571. The number of methoxy groups -OCH3 is 1. The highest BCUT2D eigenvalue weighted by molar-refractivity contribution is 5.35. The number of ether oxygens (including phenoxy) is 3. The molecular weight excluding hydrogens is 230 g/mol. The summed E-state index contributed by atoms with van der Waals surface area (Å²) in [5, 5.41) is 0. The fourth-order valence-electron chi connectivity index (χ4n) is 1.69. The molecule has 1 rings (SSSR count). The Morgan fingerprint density at radius 1 is 1.11 bits per heavy atom. The first-order chi connectivity index (χ1) is 8.69. The number of rotatable bonds is 8. The van der Waals surface area contributed by atoms with E-state index >= 15 is 0 Å². The van der Waals surface area contributed by atoms with Gasteiger partial charge in [-0.2, -0.15) is 0 Å². The molecule has 0 aromatic heterocycles. The molecule has 1 aromatic rings. The van der Waals surface area contributed by atoms with Gasteiger partial charge in [-0.15, -0.1) is 0 Å². The van der Waals surface area contributed by atoms with Gasteiger partial charge in [0, 0.05) is 12.1 Å². The molecule has 0 radical (unpaired) electrons. The highest BCUT2D eigenvalue weighted by Gasteiger charge is 2.14. The van der Waals surface area contributed by atoms with E-state index in [1.807, 2.05) is 38.1 Å². The van der Waals surface area contributed by atoms with Gasteiger partial charge in [0.15, 0.2) is 0 Å². The molecule has 4 heteroatoms. The van der Waals surface area contributed by atoms with Crippen molar-refractivity contribution >= 4 is 0 Å². The average Bonchev–Trinajstić information content (AvgIpc) is 2.38. The van der Waals surface area contributed by atoms with E-state index in [2.05, 4.69) is 0 Å². The Morgan fingerprint density at radius 2 is 1.78 bits per heavy atom. The van der Waals surface area contributed by atoms with Gasteiger partial charge in [-0.05, 0) is 19.9 Å². The topological polar surface area (TPSA) is 53.7 Å². The van der Waals surface area contributed by atoms with Crippen LogP contribution in [0.1, 0.15) is 25.5 Å². The van der Waals surface area contributed by atoms with Crippen LogP contribution in [0, 0.1) is 0 Å². The van der Waals surface area contributed by atoms with Gasteiger partial charge in [0.05, 0.1) is 32.5 Å². The summed E-state index contributed by atoms with van der Waals surface area (Å²) in [5.74, 6) is 0.803. The summed E-state index contributed by atoms with van der Waals surface area (Å²) < 4.78 is 16.5. The minimum absolute atomic E-state index is 0.156. The Kier molecular flexibility index (Phi) is 6.72. The average molecular weight is 253 g/mol. The van der Waals surface area contributed by atoms with Crippen LogP contribution < -0.4 is 10.5 Å². The Morgan fingerprint density at radius 3 is 2.39 bits per heavy atom. The monoisotopic (exact) mass is 253 g/mol. The third kappa shape index (κ3) is 4.64. The predicted octanol–water partition coefficient (Wildman–Crippen LogP) is 2.14. The van der Waals surface area contributed by atoms with E-state index < -0.39 is 0 Å². The van der Waals surface area contributed by atoms with Crippen molar-refractivity contribution in [3.8, 4) is 5.75 Å². The number of hydrogen-bond donors (Lipinski definition) is 1. The second-order valence-electron chi connectivity index (χ2n) is 4.26. The van der Waals surface area contributed by atoms with Crippen LogP contribution in [0.25, 0.3) is 0 Å². The smallest absolute Gasteiger partial charge is 0.124 e. The standard InChI is InChI=1S/C14H23NO3/c1-11(2)17-8-9-18-14(10-15)12-6-4-5-7-13(12)16-3/h4-7,11,14H,8-10,15H2,1-3H3. The number of para-hydroxylation sites is 1. The van der Waals surface area contributed by atoms with Crippen LogP contribution in [0.5, 0.6) is 5.75 Å². The van der Waals surface area contributed by atoms with Gasteiger partial charge in [-0.3, -0.25) is 0 Å². The summed E-state index contributed by atoms with van der Waals surface area (Å²) in [6, 6.07) is 7.76. The number of hydrogen-bond acceptors (Lipinski definition) is 4. The quantitative estimate of drug-likeness (QED) is 0.721. The van der Waals surface area contributed by atoms with Crippen molar-refractivity contribution in [3.05, 3.63) is 29.8 Å². The minimum atomic E-state index is -0.156. The van der Waals surface area contributed by atoms with Gasteiger partial charge < -0.3 is 19.9 Å². The predicted molar refractivity (Wildman–Crippen MR) is 71.8 cm³/mol. The fourth-order valence-corrected chi connectivity index (χ4v) is 1.69. The second kappa shape index (κ2) is 8.08. The van der Waals surface area contributed by atoms with Crippen molar-refractivity contribution in [2.45, 2.75) is 26.1 Å². The largest absolute Gasteiger partial charge is 0.496 e. The lowest BCUT2D eigenvalue weighted by atomic mass is 10.1. The summed E-state index contributed by atoms with van der Waals surface area (Å²) in [7, 11) is 1.65. The molecule has 18 heavy (non-hydrogen) atoms. The highest BCUT2D eigenvalue weighted by Crippen LogP contribution is 2.26. The zero-order chi connectivity index (χ0) is 13.4. The summed E-state index contributed by atoms with van der Waals surface area (Å²) >= 11 is 0. The van der Waals surface area contributed by atoms with Gasteiger partial charge in [0.1, 0.15) is 5.75 Å². The maximum atomic E-state index is 5.75. The molecule has 0 aliphatic heterocycles. The van der Waals surface area contributed by atoms with E-state index in [-0.39, 0.29) is 12.2 Å². The third-order valence-electron chi connectivity index (χ3n) is 2.55. The molecule has 0 aliphatic carbocycles. The first-order valence-electron chi connectivity index (χ1n) is 6.25. The number of benzene rings is 1. The molecule has 1 unspecified atom stereocenters. The second-order valence-corrected chi connectivity index (χ2v) is 4.26. The molecule has 1 atom stereocenters. The molecular formula is C14H23NO3. The van der Waals surface area contributed by atoms with Crippen LogP contribution in [0.3, 0.4) is 0 Å². The van der Waals surface area contributed by atoms with Gasteiger partial charge in [0.2, 0.25) is 0 Å². The van der Waals surface area contributed by atoms with Gasteiger partial charge in [0.25, 0.3) is 0 Å². The van der Waals surface area contributed by atoms with Crippen LogP contribution in [0.4, 0.5) is 0 Å². The first-order valence-corrected chi connectivity index (χ1v) is 6.25. The molecule has 0 amide bonds. The molecule has 0 saturated carbocycles. The maximum Gasteiger partial charge on any atom is 0.124 e. The molecule has 1 aromatic carbocycles. The first kappa shape index (κ1) is 15.0. The van der Waals surface area contributed by atoms with Crippen LogP contribution >= 0.6 is 0 Å². The van der Waals surface area contributed by atoms with E-state index in [9.17, 15) is 0 Å². The van der Waals surface area contributed by atoms with Gasteiger partial charge >= 0.3 is 0 Å². The maximum absolute atomic E-state index is 5.75.